The standard InChI is InChI=1S/C15H24N4O2S/c1-3-16-14(20)15(21)17-10-13(12-4-9-22-11-12)19-7-5-18(2)6-8-19/h4,9,11,13H,3,5-8,10H2,1-2H3,(H,16,20)(H,17,21)/t13-/m1/s1. The Bertz CT molecular complexity index is 484. The zero-order valence-corrected chi connectivity index (χ0v) is 14.0. The molecule has 0 bridgehead atoms. The summed E-state index contributed by atoms with van der Waals surface area (Å²) in [6.45, 7) is 6.68. The van der Waals surface area contributed by atoms with Crippen LogP contribution in [0, 0.1) is 0 Å². The number of hydrogen-bond donors (Lipinski definition) is 2. The number of amides is 2. The molecular formula is C15H24N4O2S. The maximum absolute atomic E-state index is 11.8. The van der Waals surface area contributed by atoms with Crippen molar-refractivity contribution in [1.82, 2.24) is 20.4 Å². The Morgan fingerprint density at radius 3 is 2.50 bits per heavy atom. The minimum absolute atomic E-state index is 0.123. The van der Waals surface area contributed by atoms with Crippen LogP contribution in [0.15, 0.2) is 16.8 Å². The van der Waals surface area contributed by atoms with Crippen LogP contribution in [0.1, 0.15) is 18.5 Å². The lowest BCUT2D eigenvalue weighted by Gasteiger charge is -2.37. The summed E-state index contributed by atoms with van der Waals surface area (Å²) in [5, 5.41) is 9.44. The number of carbonyl (C=O) groups excluding carboxylic acids is 2. The van der Waals surface area contributed by atoms with Gasteiger partial charge in [-0.3, -0.25) is 14.5 Å². The molecule has 1 fully saturated rings. The molecule has 1 atom stereocenters. The lowest BCUT2D eigenvalue weighted by atomic mass is 10.1. The van der Waals surface area contributed by atoms with E-state index < -0.39 is 11.8 Å². The van der Waals surface area contributed by atoms with E-state index in [1.54, 1.807) is 18.3 Å². The zero-order chi connectivity index (χ0) is 15.9. The molecule has 2 N–H and O–H groups in total. The van der Waals surface area contributed by atoms with Crippen molar-refractivity contribution in [2.75, 3.05) is 46.3 Å². The smallest absolute Gasteiger partial charge is 0.309 e. The Morgan fingerprint density at radius 2 is 1.91 bits per heavy atom. The highest BCUT2D eigenvalue weighted by molar-refractivity contribution is 7.07. The molecule has 1 aromatic rings. The Kier molecular flexibility index (Phi) is 6.35. The van der Waals surface area contributed by atoms with Crippen LogP contribution in [-0.2, 0) is 9.59 Å². The Hall–Kier alpha value is -1.44. The van der Waals surface area contributed by atoms with Crippen molar-refractivity contribution >= 4 is 23.2 Å². The SMILES string of the molecule is CCNC(=O)C(=O)NC[C@H](c1ccsc1)N1CCN(C)CC1. The molecular weight excluding hydrogens is 300 g/mol. The first-order valence-corrected chi connectivity index (χ1v) is 8.56. The van der Waals surface area contributed by atoms with Crippen LogP contribution < -0.4 is 10.6 Å². The number of nitrogens with zero attached hydrogens (tertiary/aromatic N) is 2. The molecule has 1 aliphatic heterocycles. The lowest BCUT2D eigenvalue weighted by molar-refractivity contribution is -0.139. The van der Waals surface area contributed by atoms with Crippen LogP contribution in [0.5, 0.6) is 0 Å². The second kappa shape index (κ2) is 8.26. The third-order valence-electron chi connectivity index (χ3n) is 3.91. The number of nitrogens with one attached hydrogen (secondary N) is 2. The average Bonchev–Trinajstić information content (AvgIpc) is 3.03. The van der Waals surface area contributed by atoms with Gasteiger partial charge in [-0.1, -0.05) is 0 Å². The van der Waals surface area contributed by atoms with Crippen LogP contribution in [0.2, 0.25) is 0 Å². The average molecular weight is 324 g/mol. The first-order chi connectivity index (χ1) is 10.6. The van der Waals surface area contributed by atoms with E-state index in [1.807, 2.05) is 5.38 Å². The molecule has 1 saturated heterocycles. The van der Waals surface area contributed by atoms with Gasteiger partial charge in [0.2, 0.25) is 0 Å². The minimum Gasteiger partial charge on any atom is -0.348 e. The van der Waals surface area contributed by atoms with Gasteiger partial charge in [0.15, 0.2) is 0 Å². The van der Waals surface area contributed by atoms with Crippen molar-refractivity contribution in [3.8, 4) is 0 Å². The quantitative estimate of drug-likeness (QED) is 0.764. The maximum atomic E-state index is 11.8. The molecule has 2 amide bonds. The highest BCUT2D eigenvalue weighted by atomic mass is 32.1. The van der Waals surface area contributed by atoms with Gasteiger partial charge < -0.3 is 15.5 Å². The van der Waals surface area contributed by atoms with Crippen molar-refractivity contribution in [1.29, 1.82) is 0 Å². The van der Waals surface area contributed by atoms with Crippen molar-refractivity contribution in [2.24, 2.45) is 0 Å². The molecule has 1 aliphatic rings. The third kappa shape index (κ3) is 4.53. The number of hydrogen-bond acceptors (Lipinski definition) is 5. The molecule has 122 valence electrons. The van der Waals surface area contributed by atoms with Crippen molar-refractivity contribution in [2.45, 2.75) is 13.0 Å². The summed E-state index contributed by atoms with van der Waals surface area (Å²) in [4.78, 5) is 28.0. The summed E-state index contributed by atoms with van der Waals surface area (Å²) in [6.07, 6.45) is 0. The fourth-order valence-corrected chi connectivity index (χ4v) is 3.27. The number of thiophene rings is 1. The normalized spacial score (nSPS) is 17.9. The van der Waals surface area contributed by atoms with Gasteiger partial charge in [0.05, 0.1) is 6.04 Å². The summed E-state index contributed by atoms with van der Waals surface area (Å²) >= 11 is 1.65. The highest BCUT2D eigenvalue weighted by Gasteiger charge is 2.25. The van der Waals surface area contributed by atoms with E-state index >= 15 is 0 Å². The summed E-state index contributed by atoms with van der Waals surface area (Å²) in [5.41, 5.74) is 1.20. The van der Waals surface area contributed by atoms with Crippen LogP contribution in [0.3, 0.4) is 0 Å². The molecule has 0 aromatic carbocycles. The second-order valence-electron chi connectivity index (χ2n) is 5.48. The zero-order valence-electron chi connectivity index (χ0n) is 13.2. The molecule has 0 saturated carbocycles. The number of piperazine rings is 1. The highest BCUT2D eigenvalue weighted by Crippen LogP contribution is 2.23. The maximum Gasteiger partial charge on any atom is 0.309 e. The van der Waals surface area contributed by atoms with Crippen LogP contribution in [0.4, 0.5) is 0 Å². The number of carbonyl (C=O) groups is 2. The van der Waals surface area contributed by atoms with Gasteiger partial charge in [0, 0.05) is 39.3 Å². The molecule has 2 heterocycles. The van der Waals surface area contributed by atoms with Crippen molar-refractivity contribution < 1.29 is 9.59 Å². The van der Waals surface area contributed by atoms with E-state index in [9.17, 15) is 9.59 Å². The summed E-state index contributed by atoms with van der Waals surface area (Å²) in [7, 11) is 2.12. The fraction of sp³-hybridized carbons (Fsp3) is 0.600. The van der Waals surface area contributed by atoms with E-state index in [0.29, 0.717) is 13.1 Å². The monoisotopic (exact) mass is 324 g/mol. The molecule has 22 heavy (non-hydrogen) atoms. The predicted molar refractivity (Wildman–Crippen MR) is 87.8 cm³/mol. The van der Waals surface area contributed by atoms with Gasteiger partial charge in [0.25, 0.3) is 0 Å². The van der Waals surface area contributed by atoms with Gasteiger partial charge in [-0.15, -0.1) is 0 Å². The lowest BCUT2D eigenvalue weighted by Crippen LogP contribution is -2.49. The number of likely N-dealkylation sites (N-methyl/N-ethyl adjacent to an activating group) is 2. The Balaban J connectivity index is 1.97. The summed E-state index contributed by atoms with van der Waals surface area (Å²) in [5.74, 6) is -1.12. The van der Waals surface area contributed by atoms with Crippen molar-refractivity contribution in [3.63, 3.8) is 0 Å². The first-order valence-electron chi connectivity index (χ1n) is 7.62. The van der Waals surface area contributed by atoms with Gasteiger partial charge in [-0.2, -0.15) is 11.3 Å². The van der Waals surface area contributed by atoms with E-state index in [4.69, 9.17) is 0 Å². The van der Waals surface area contributed by atoms with Crippen LogP contribution >= 0.6 is 11.3 Å². The topological polar surface area (TPSA) is 64.7 Å². The molecule has 6 nitrogen and oxygen atoms in total. The molecule has 0 spiro atoms. The molecule has 0 unspecified atom stereocenters. The molecule has 0 aliphatic carbocycles. The van der Waals surface area contributed by atoms with Gasteiger partial charge in [-0.25, -0.2) is 0 Å². The van der Waals surface area contributed by atoms with E-state index in [1.165, 1.54) is 5.56 Å². The van der Waals surface area contributed by atoms with Crippen LogP contribution in [0.25, 0.3) is 0 Å². The number of rotatable bonds is 5. The Morgan fingerprint density at radius 1 is 1.23 bits per heavy atom. The predicted octanol–water partition coefficient (Wildman–Crippen LogP) is 0.289. The van der Waals surface area contributed by atoms with Gasteiger partial charge in [0.1, 0.15) is 0 Å². The van der Waals surface area contributed by atoms with Crippen LogP contribution in [-0.4, -0.2) is 67.9 Å². The van der Waals surface area contributed by atoms with Gasteiger partial charge >= 0.3 is 11.8 Å². The third-order valence-corrected chi connectivity index (χ3v) is 4.61. The molecule has 0 radical (unpaired) electrons. The summed E-state index contributed by atoms with van der Waals surface area (Å²) < 4.78 is 0. The van der Waals surface area contributed by atoms with E-state index in [2.05, 4.69) is 38.9 Å². The molecule has 2 rings (SSSR count). The van der Waals surface area contributed by atoms with Crippen molar-refractivity contribution in [3.05, 3.63) is 22.4 Å². The molecule has 1 aromatic heterocycles. The molecule has 7 heteroatoms. The van der Waals surface area contributed by atoms with E-state index in [-0.39, 0.29) is 6.04 Å². The Labute approximate surface area is 135 Å². The largest absolute Gasteiger partial charge is 0.348 e. The minimum atomic E-state index is -0.565. The summed E-state index contributed by atoms with van der Waals surface area (Å²) in [6, 6.07) is 2.21. The second-order valence-corrected chi connectivity index (χ2v) is 6.26. The van der Waals surface area contributed by atoms with Gasteiger partial charge in [-0.05, 0) is 36.4 Å². The first kappa shape index (κ1) is 16.9. The fourth-order valence-electron chi connectivity index (χ4n) is 2.57. The van der Waals surface area contributed by atoms with E-state index in [0.717, 1.165) is 26.2 Å².